The van der Waals surface area contributed by atoms with Gasteiger partial charge in [-0.2, -0.15) is 13.2 Å². The first kappa shape index (κ1) is 21.5. The minimum absolute atomic E-state index is 0.253. The summed E-state index contributed by atoms with van der Waals surface area (Å²) in [6.07, 6.45) is -3.80. The summed E-state index contributed by atoms with van der Waals surface area (Å²) in [5, 5.41) is 0. The van der Waals surface area contributed by atoms with Crippen molar-refractivity contribution in [2.75, 3.05) is 13.2 Å². The van der Waals surface area contributed by atoms with E-state index in [1.54, 1.807) is 12.1 Å². The Morgan fingerprint density at radius 2 is 1.39 bits per heavy atom. The maximum absolute atomic E-state index is 14.7. The van der Waals surface area contributed by atoms with Crippen molar-refractivity contribution in [3.63, 3.8) is 0 Å². The Bertz CT molecular complexity index is 1020. The van der Waals surface area contributed by atoms with E-state index < -0.39 is 23.8 Å². The SMILES string of the molecule is CCC1COC(c2ccc(-c3ccc(-c4ccc(C(F)(F)F)cc4)c(F)c3)cc2)OC1. The predicted octanol–water partition coefficient (Wildman–Crippen LogP) is 7.25. The molecule has 31 heavy (non-hydrogen) atoms. The lowest BCUT2D eigenvalue weighted by molar-refractivity contribution is -0.205. The molecule has 0 radical (unpaired) electrons. The normalized spacial score (nSPS) is 19.4. The van der Waals surface area contributed by atoms with Crippen molar-refractivity contribution < 1.29 is 27.0 Å². The molecule has 0 saturated carbocycles. The molecule has 162 valence electrons. The van der Waals surface area contributed by atoms with E-state index >= 15 is 0 Å². The number of hydrogen-bond acceptors (Lipinski definition) is 2. The summed E-state index contributed by atoms with van der Waals surface area (Å²) in [6, 6.07) is 16.7. The molecule has 0 aliphatic carbocycles. The smallest absolute Gasteiger partial charge is 0.348 e. The Hall–Kier alpha value is -2.70. The minimum atomic E-state index is -4.42. The summed E-state index contributed by atoms with van der Waals surface area (Å²) in [5.74, 6) is -0.0763. The third-order valence-electron chi connectivity index (χ3n) is 5.55. The maximum atomic E-state index is 14.7. The second kappa shape index (κ2) is 8.81. The molecular formula is C25H22F4O2. The van der Waals surface area contributed by atoms with Crippen molar-refractivity contribution >= 4 is 0 Å². The van der Waals surface area contributed by atoms with Crippen molar-refractivity contribution in [1.82, 2.24) is 0 Å². The summed E-state index contributed by atoms with van der Waals surface area (Å²) < 4.78 is 64.5. The minimum Gasteiger partial charge on any atom is -0.348 e. The monoisotopic (exact) mass is 430 g/mol. The topological polar surface area (TPSA) is 18.5 Å². The van der Waals surface area contributed by atoms with Crippen molar-refractivity contribution in [2.24, 2.45) is 5.92 Å². The highest BCUT2D eigenvalue weighted by Crippen LogP contribution is 2.33. The van der Waals surface area contributed by atoms with Crippen LogP contribution >= 0.6 is 0 Å². The highest BCUT2D eigenvalue weighted by atomic mass is 19.4. The number of ether oxygens (including phenoxy) is 2. The molecule has 0 bridgehead atoms. The van der Waals surface area contributed by atoms with Gasteiger partial charge < -0.3 is 9.47 Å². The zero-order chi connectivity index (χ0) is 22.0. The van der Waals surface area contributed by atoms with Gasteiger partial charge in [-0.25, -0.2) is 4.39 Å². The highest BCUT2D eigenvalue weighted by molar-refractivity contribution is 5.71. The quantitative estimate of drug-likeness (QED) is 0.406. The van der Waals surface area contributed by atoms with Gasteiger partial charge in [-0.15, -0.1) is 0 Å². The Morgan fingerprint density at radius 3 is 1.94 bits per heavy atom. The molecule has 6 heteroatoms. The Morgan fingerprint density at radius 1 is 0.806 bits per heavy atom. The first-order chi connectivity index (χ1) is 14.8. The van der Waals surface area contributed by atoms with E-state index in [9.17, 15) is 17.6 Å². The number of rotatable bonds is 4. The molecule has 0 spiro atoms. The number of benzene rings is 3. The van der Waals surface area contributed by atoms with Crippen LogP contribution in [-0.2, 0) is 15.7 Å². The standard InChI is InChI=1S/C25H22F4O2/c1-2-16-14-30-24(31-15-16)19-5-3-17(4-6-19)20-9-12-22(23(26)13-20)18-7-10-21(11-8-18)25(27,28)29/h3-13,16,24H,2,14-15H2,1H3. The first-order valence-electron chi connectivity index (χ1n) is 10.2. The zero-order valence-electron chi connectivity index (χ0n) is 17.0. The van der Waals surface area contributed by atoms with Gasteiger partial charge in [0.1, 0.15) is 5.82 Å². The Kier molecular flexibility index (Phi) is 6.12. The number of alkyl halides is 3. The van der Waals surface area contributed by atoms with E-state index in [0.717, 1.165) is 29.7 Å². The molecule has 1 aliphatic heterocycles. The van der Waals surface area contributed by atoms with Crippen LogP contribution in [0.4, 0.5) is 17.6 Å². The molecule has 0 amide bonds. The first-order valence-corrected chi connectivity index (χ1v) is 10.2. The lowest BCUT2D eigenvalue weighted by atomic mass is 9.98. The van der Waals surface area contributed by atoms with E-state index in [4.69, 9.17) is 9.47 Å². The second-order valence-electron chi connectivity index (χ2n) is 7.66. The number of halogens is 4. The highest BCUT2D eigenvalue weighted by Gasteiger charge is 2.30. The molecule has 1 saturated heterocycles. The van der Waals surface area contributed by atoms with Gasteiger partial charge in [-0.1, -0.05) is 55.5 Å². The summed E-state index contributed by atoms with van der Waals surface area (Å²) in [4.78, 5) is 0. The summed E-state index contributed by atoms with van der Waals surface area (Å²) in [5.41, 5.74) is 2.29. The number of hydrogen-bond donors (Lipinski definition) is 0. The van der Waals surface area contributed by atoms with Crippen molar-refractivity contribution in [3.8, 4) is 22.3 Å². The molecule has 2 nitrogen and oxygen atoms in total. The molecular weight excluding hydrogens is 408 g/mol. The van der Waals surface area contributed by atoms with Crippen LogP contribution in [0.25, 0.3) is 22.3 Å². The van der Waals surface area contributed by atoms with Gasteiger partial charge in [0.05, 0.1) is 18.8 Å². The third kappa shape index (κ3) is 4.81. The van der Waals surface area contributed by atoms with Gasteiger partial charge in [0, 0.05) is 17.0 Å². The van der Waals surface area contributed by atoms with Crippen LogP contribution in [0, 0.1) is 11.7 Å². The van der Waals surface area contributed by atoms with Gasteiger partial charge in [0.25, 0.3) is 0 Å². The molecule has 3 aromatic carbocycles. The van der Waals surface area contributed by atoms with Gasteiger partial charge in [-0.3, -0.25) is 0 Å². The van der Waals surface area contributed by atoms with E-state index in [-0.39, 0.29) is 5.56 Å². The third-order valence-corrected chi connectivity index (χ3v) is 5.55. The largest absolute Gasteiger partial charge is 0.416 e. The van der Waals surface area contributed by atoms with E-state index in [1.165, 1.54) is 18.2 Å². The van der Waals surface area contributed by atoms with E-state index in [0.29, 0.717) is 30.3 Å². The lowest BCUT2D eigenvalue weighted by Crippen LogP contribution is -2.26. The molecule has 1 fully saturated rings. The van der Waals surface area contributed by atoms with Crippen LogP contribution in [0.2, 0.25) is 0 Å². The van der Waals surface area contributed by atoms with Crippen LogP contribution in [0.3, 0.4) is 0 Å². The molecule has 0 atom stereocenters. The Labute approximate surface area is 178 Å². The summed E-state index contributed by atoms with van der Waals surface area (Å²) >= 11 is 0. The van der Waals surface area contributed by atoms with Crippen LogP contribution in [0.1, 0.15) is 30.8 Å². The predicted molar refractivity (Wildman–Crippen MR) is 111 cm³/mol. The summed E-state index contributed by atoms with van der Waals surface area (Å²) in [7, 11) is 0. The molecule has 0 N–H and O–H groups in total. The zero-order valence-corrected chi connectivity index (χ0v) is 17.0. The van der Waals surface area contributed by atoms with E-state index in [2.05, 4.69) is 6.92 Å². The molecule has 1 heterocycles. The van der Waals surface area contributed by atoms with Gasteiger partial charge in [0.2, 0.25) is 0 Å². The van der Waals surface area contributed by atoms with Crippen molar-refractivity contribution in [2.45, 2.75) is 25.8 Å². The van der Waals surface area contributed by atoms with Gasteiger partial charge >= 0.3 is 6.18 Å². The average Bonchev–Trinajstić information content (AvgIpc) is 2.79. The van der Waals surface area contributed by atoms with Crippen molar-refractivity contribution in [1.29, 1.82) is 0 Å². The van der Waals surface area contributed by atoms with Gasteiger partial charge in [0.15, 0.2) is 6.29 Å². The lowest BCUT2D eigenvalue weighted by Gasteiger charge is -2.29. The molecule has 4 rings (SSSR count). The second-order valence-corrected chi connectivity index (χ2v) is 7.66. The summed E-state index contributed by atoms with van der Waals surface area (Å²) in [6.45, 7) is 3.44. The van der Waals surface area contributed by atoms with Gasteiger partial charge in [-0.05, 0) is 41.3 Å². The maximum Gasteiger partial charge on any atom is 0.416 e. The van der Waals surface area contributed by atoms with Crippen LogP contribution in [0.15, 0.2) is 66.7 Å². The molecule has 3 aromatic rings. The van der Waals surface area contributed by atoms with Crippen LogP contribution < -0.4 is 0 Å². The molecule has 0 aromatic heterocycles. The van der Waals surface area contributed by atoms with Crippen molar-refractivity contribution in [3.05, 3.63) is 83.7 Å². The van der Waals surface area contributed by atoms with Crippen LogP contribution in [0.5, 0.6) is 0 Å². The fourth-order valence-electron chi connectivity index (χ4n) is 3.57. The molecule has 0 unspecified atom stereocenters. The Balaban J connectivity index is 1.50. The van der Waals surface area contributed by atoms with Crippen LogP contribution in [-0.4, -0.2) is 13.2 Å². The molecule has 1 aliphatic rings. The van der Waals surface area contributed by atoms with E-state index in [1.807, 2.05) is 24.3 Å². The fraction of sp³-hybridized carbons (Fsp3) is 0.280. The fourth-order valence-corrected chi connectivity index (χ4v) is 3.57. The average molecular weight is 430 g/mol.